The van der Waals surface area contributed by atoms with Gasteiger partial charge in [0, 0.05) is 5.38 Å². The number of ether oxygens (including phenoxy) is 1. The van der Waals surface area contributed by atoms with E-state index in [4.69, 9.17) is 4.74 Å². The summed E-state index contributed by atoms with van der Waals surface area (Å²) in [5, 5.41) is 32.6. The van der Waals surface area contributed by atoms with Gasteiger partial charge in [0.05, 0.1) is 18.8 Å². The molecule has 1 aromatic heterocycles. The number of thiophene rings is 1. The molecule has 1 heterocycles. The molecule has 0 radical (unpaired) electrons. The number of aliphatic hydroxyl groups excluding tert-OH is 2. The molecule has 31 heavy (non-hydrogen) atoms. The van der Waals surface area contributed by atoms with Crippen molar-refractivity contribution in [2.24, 2.45) is 0 Å². The number of rotatable bonds is 10. The third-order valence-corrected chi connectivity index (χ3v) is 6.91. The molecule has 4 nitrogen and oxygen atoms in total. The molecule has 0 spiro atoms. The van der Waals surface area contributed by atoms with Crippen LogP contribution in [0.4, 0.5) is 0 Å². The van der Waals surface area contributed by atoms with Crippen LogP contribution in [-0.4, -0.2) is 15.3 Å². The van der Waals surface area contributed by atoms with Gasteiger partial charge in [0.2, 0.25) is 0 Å². The summed E-state index contributed by atoms with van der Waals surface area (Å²) in [7, 11) is 0. The Bertz CT molecular complexity index is 1000. The van der Waals surface area contributed by atoms with E-state index in [0.29, 0.717) is 19.4 Å². The number of aryl methyl sites for hydroxylation is 1. The van der Waals surface area contributed by atoms with E-state index in [1.807, 2.05) is 38.1 Å². The minimum Gasteiger partial charge on any atom is -0.479 e. The topological polar surface area (TPSA) is 69.9 Å². The molecule has 0 saturated carbocycles. The van der Waals surface area contributed by atoms with Crippen molar-refractivity contribution in [3.8, 4) is 16.2 Å². The highest BCUT2D eigenvalue weighted by molar-refractivity contribution is 7.12. The lowest BCUT2D eigenvalue weighted by atomic mass is 9.85. The minimum absolute atomic E-state index is 0.0855. The third-order valence-electron chi connectivity index (χ3n) is 6.07. The van der Waals surface area contributed by atoms with Crippen LogP contribution in [-0.2, 0) is 31.8 Å². The fourth-order valence-corrected chi connectivity index (χ4v) is 4.63. The molecule has 0 bridgehead atoms. The molecule has 3 N–H and O–H groups in total. The summed E-state index contributed by atoms with van der Waals surface area (Å²) in [6.45, 7) is 6.39. The Morgan fingerprint density at radius 2 is 1.61 bits per heavy atom. The van der Waals surface area contributed by atoms with E-state index in [0.717, 1.165) is 39.3 Å². The van der Waals surface area contributed by atoms with Crippen molar-refractivity contribution in [1.82, 2.24) is 0 Å². The van der Waals surface area contributed by atoms with Gasteiger partial charge in [-0.15, -0.1) is 11.3 Å². The number of hydrogen-bond donors (Lipinski definition) is 3. The van der Waals surface area contributed by atoms with Crippen molar-refractivity contribution in [3.63, 3.8) is 0 Å². The Balaban J connectivity index is 1.77. The fraction of sp³-hybridized carbons (Fsp3) is 0.385. The lowest BCUT2D eigenvalue weighted by Gasteiger charge is -2.27. The number of benzene rings is 2. The molecule has 5 heteroatoms. The average molecular weight is 441 g/mol. The standard InChI is InChI=1S/C26H32O4S/c1-4-19-12-23(26(29,5-2)6-3)9-10-24(19)22-13-25(31-17-22)30-16-18-7-8-20(14-27)21(11-18)15-28/h7-13,17,27-29H,4-6,14-16H2,1-3H3. The van der Waals surface area contributed by atoms with Gasteiger partial charge in [-0.1, -0.05) is 51.1 Å². The highest BCUT2D eigenvalue weighted by atomic mass is 32.1. The second kappa shape index (κ2) is 10.4. The maximum absolute atomic E-state index is 10.9. The molecule has 0 atom stereocenters. The first kappa shape index (κ1) is 23.5. The summed E-state index contributed by atoms with van der Waals surface area (Å²) < 4.78 is 5.99. The summed E-state index contributed by atoms with van der Waals surface area (Å²) in [5.74, 6) is 0. The Morgan fingerprint density at radius 1 is 0.871 bits per heavy atom. The van der Waals surface area contributed by atoms with Crippen molar-refractivity contribution in [2.75, 3.05) is 0 Å². The summed E-state index contributed by atoms with van der Waals surface area (Å²) in [6, 6.07) is 14.0. The van der Waals surface area contributed by atoms with Gasteiger partial charge in [0.15, 0.2) is 5.06 Å². The van der Waals surface area contributed by atoms with Crippen molar-refractivity contribution in [3.05, 3.63) is 75.7 Å². The zero-order valence-corrected chi connectivity index (χ0v) is 19.3. The van der Waals surface area contributed by atoms with Crippen LogP contribution in [0.1, 0.15) is 61.4 Å². The van der Waals surface area contributed by atoms with E-state index >= 15 is 0 Å². The molecular weight excluding hydrogens is 408 g/mol. The first-order valence-corrected chi connectivity index (χ1v) is 11.8. The van der Waals surface area contributed by atoms with Gasteiger partial charge in [-0.3, -0.25) is 0 Å². The normalized spacial score (nSPS) is 11.7. The molecule has 0 aliphatic heterocycles. The molecule has 166 valence electrons. The van der Waals surface area contributed by atoms with E-state index < -0.39 is 5.60 Å². The first-order chi connectivity index (χ1) is 15.0. The van der Waals surface area contributed by atoms with E-state index in [-0.39, 0.29) is 13.2 Å². The molecule has 3 rings (SSSR count). The van der Waals surface area contributed by atoms with Gasteiger partial charge >= 0.3 is 0 Å². The maximum Gasteiger partial charge on any atom is 0.174 e. The second-order valence-corrected chi connectivity index (χ2v) is 8.70. The summed E-state index contributed by atoms with van der Waals surface area (Å²) in [5.41, 5.74) is 6.12. The van der Waals surface area contributed by atoms with Crippen LogP contribution in [0.5, 0.6) is 5.06 Å². The number of hydrogen-bond acceptors (Lipinski definition) is 5. The Labute approximate surface area is 188 Å². The molecule has 2 aromatic carbocycles. The highest BCUT2D eigenvalue weighted by Gasteiger charge is 2.25. The minimum atomic E-state index is -0.773. The van der Waals surface area contributed by atoms with Crippen LogP contribution >= 0.6 is 11.3 Å². The second-order valence-electron chi connectivity index (χ2n) is 7.83. The van der Waals surface area contributed by atoms with Crippen LogP contribution in [0.15, 0.2) is 47.8 Å². The van der Waals surface area contributed by atoms with E-state index in [2.05, 4.69) is 30.5 Å². The van der Waals surface area contributed by atoms with Crippen LogP contribution in [0.2, 0.25) is 0 Å². The predicted molar refractivity (Wildman–Crippen MR) is 126 cm³/mol. The van der Waals surface area contributed by atoms with E-state index in [1.54, 1.807) is 11.3 Å². The highest BCUT2D eigenvalue weighted by Crippen LogP contribution is 2.36. The van der Waals surface area contributed by atoms with E-state index in [9.17, 15) is 15.3 Å². The van der Waals surface area contributed by atoms with E-state index in [1.165, 1.54) is 11.1 Å². The quantitative estimate of drug-likeness (QED) is 0.387. The SMILES string of the molecule is CCc1cc(C(O)(CC)CC)ccc1-c1csc(OCc2ccc(CO)c(CO)c2)c1. The van der Waals surface area contributed by atoms with Crippen LogP contribution in [0, 0.1) is 0 Å². The molecule has 0 saturated heterocycles. The van der Waals surface area contributed by atoms with Crippen LogP contribution in [0.3, 0.4) is 0 Å². The zero-order valence-electron chi connectivity index (χ0n) is 18.5. The molecule has 0 aliphatic rings. The zero-order chi connectivity index (χ0) is 22.4. The molecule has 0 aliphatic carbocycles. The van der Waals surface area contributed by atoms with Gasteiger partial charge in [-0.25, -0.2) is 0 Å². The van der Waals surface area contributed by atoms with Crippen molar-refractivity contribution < 1.29 is 20.1 Å². The smallest absolute Gasteiger partial charge is 0.174 e. The molecule has 0 unspecified atom stereocenters. The third kappa shape index (κ3) is 5.18. The predicted octanol–water partition coefficient (Wildman–Crippen LogP) is 5.55. The average Bonchev–Trinajstić information content (AvgIpc) is 3.30. The first-order valence-electron chi connectivity index (χ1n) is 10.9. The van der Waals surface area contributed by atoms with Gasteiger partial charge in [-0.2, -0.15) is 0 Å². The van der Waals surface area contributed by atoms with Gasteiger partial charge in [0.25, 0.3) is 0 Å². The monoisotopic (exact) mass is 440 g/mol. The van der Waals surface area contributed by atoms with Crippen molar-refractivity contribution in [1.29, 1.82) is 0 Å². The molecular formula is C26H32O4S. The Hall–Kier alpha value is -2.18. The summed E-state index contributed by atoms with van der Waals surface area (Å²) >= 11 is 1.56. The summed E-state index contributed by atoms with van der Waals surface area (Å²) in [4.78, 5) is 0. The van der Waals surface area contributed by atoms with Crippen LogP contribution < -0.4 is 4.74 Å². The van der Waals surface area contributed by atoms with Gasteiger partial charge in [0.1, 0.15) is 6.61 Å². The lowest BCUT2D eigenvalue weighted by Crippen LogP contribution is -2.23. The van der Waals surface area contributed by atoms with Crippen molar-refractivity contribution in [2.45, 2.75) is 65.5 Å². The lowest BCUT2D eigenvalue weighted by molar-refractivity contribution is 0.0283. The molecule has 0 amide bonds. The van der Waals surface area contributed by atoms with Gasteiger partial charge in [-0.05, 0) is 70.3 Å². The Morgan fingerprint density at radius 3 is 2.26 bits per heavy atom. The Kier molecular flexibility index (Phi) is 7.89. The summed E-state index contributed by atoms with van der Waals surface area (Å²) in [6.07, 6.45) is 2.28. The number of aliphatic hydroxyl groups is 3. The largest absolute Gasteiger partial charge is 0.479 e. The molecule has 0 fully saturated rings. The molecule has 3 aromatic rings. The fourth-order valence-electron chi connectivity index (χ4n) is 3.87. The maximum atomic E-state index is 10.9. The van der Waals surface area contributed by atoms with Crippen LogP contribution in [0.25, 0.3) is 11.1 Å². The van der Waals surface area contributed by atoms with Crippen molar-refractivity contribution >= 4 is 11.3 Å². The van der Waals surface area contributed by atoms with Gasteiger partial charge < -0.3 is 20.1 Å².